The van der Waals surface area contributed by atoms with Crippen molar-refractivity contribution in [3.05, 3.63) is 17.0 Å². The van der Waals surface area contributed by atoms with Crippen molar-refractivity contribution in [1.82, 2.24) is 15.1 Å². The highest BCUT2D eigenvalue weighted by atomic mass is 16.4. The second-order valence-corrected chi connectivity index (χ2v) is 6.52. The number of carbonyl (C=O) groups is 1. The van der Waals surface area contributed by atoms with Crippen LogP contribution < -0.4 is 5.32 Å². The normalized spacial score (nSPS) is 12.2. The Morgan fingerprint density at radius 2 is 2.00 bits per heavy atom. The van der Waals surface area contributed by atoms with Crippen LogP contribution in [0.4, 0.5) is 0 Å². The Kier molecular flexibility index (Phi) is 5.34. The molecule has 0 aliphatic heterocycles. The summed E-state index contributed by atoms with van der Waals surface area (Å²) in [4.78, 5) is 11.2. The number of nitrogens with zero attached hydrogens (tertiary/aromatic N) is 2. The lowest BCUT2D eigenvalue weighted by Crippen LogP contribution is -2.30. The van der Waals surface area contributed by atoms with Crippen LogP contribution in [-0.4, -0.2) is 27.4 Å². The predicted octanol–water partition coefficient (Wildman–Crippen LogP) is 2.36. The van der Waals surface area contributed by atoms with Crippen LogP contribution in [0.15, 0.2) is 0 Å². The van der Waals surface area contributed by atoms with E-state index in [1.807, 2.05) is 18.5 Å². The van der Waals surface area contributed by atoms with Crippen molar-refractivity contribution >= 4 is 5.97 Å². The maximum absolute atomic E-state index is 11.2. The number of carboxylic acids is 1. The van der Waals surface area contributed by atoms with Gasteiger partial charge in [0, 0.05) is 17.8 Å². The highest BCUT2D eigenvalue weighted by molar-refractivity contribution is 5.73. The van der Waals surface area contributed by atoms with Gasteiger partial charge in [-0.25, -0.2) is 0 Å². The van der Waals surface area contributed by atoms with E-state index in [1.54, 1.807) is 13.8 Å². The van der Waals surface area contributed by atoms with Crippen LogP contribution in [0.2, 0.25) is 0 Å². The van der Waals surface area contributed by atoms with Crippen LogP contribution in [0.25, 0.3) is 0 Å². The van der Waals surface area contributed by atoms with Gasteiger partial charge in [0.25, 0.3) is 0 Å². The largest absolute Gasteiger partial charge is 0.481 e. The van der Waals surface area contributed by atoms with Crippen molar-refractivity contribution in [3.8, 4) is 0 Å². The summed E-state index contributed by atoms with van der Waals surface area (Å²) in [5.74, 6) is -0.193. The molecule has 0 fully saturated rings. The molecule has 0 unspecified atom stereocenters. The Bertz CT molecular complexity index is 476. The first-order chi connectivity index (χ1) is 9.15. The van der Waals surface area contributed by atoms with Crippen LogP contribution in [0.1, 0.15) is 44.6 Å². The van der Waals surface area contributed by atoms with Gasteiger partial charge >= 0.3 is 5.97 Å². The molecule has 0 aliphatic carbocycles. The topological polar surface area (TPSA) is 67.2 Å². The zero-order chi connectivity index (χ0) is 15.5. The number of rotatable bonds is 7. The molecule has 0 aliphatic rings. The lowest BCUT2D eigenvalue weighted by atomic mass is 9.94. The minimum atomic E-state index is -0.814. The van der Waals surface area contributed by atoms with Crippen molar-refractivity contribution in [2.45, 2.75) is 54.6 Å². The molecule has 1 aromatic rings. The van der Waals surface area contributed by atoms with E-state index in [1.165, 1.54) is 5.56 Å². The van der Waals surface area contributed by atoms with Gasteiger partial charge < -0.3 is 10.4 Å². The Morgan fingerprint density at radius 3 is 2.50 bits per heavy atom. The van der Waals surface area contributed by atoms with E-state index < -0.39 is 11.4 Å². The smallest absolute Gasteiger partial charge is 0.310 e. The molecule has 0 spiro atoms. The third-order valence-electron chi connectivity index (χ3n) is 3.51. The van der Waals surface area contributed by atoms with Crippen molar-refractivity contribution in [2.75, 3.05) is 6.54 Å². The first kappa shape index (κ1) is 16.7. The van der Waals surface area contributed by atoms with Crippen LogP contribution in [-0.2, 0) is 17.9 Å². The molecule has 5 heteroatoms. The maximum atomic E-state index is 11.2. The van der Waals surface area contributed by atoms with Gasteiger partial charge in [-0.3, -0.25) is 9.48 Å². The molecular formula is C15H27N3O2. The summed E-state index contributed by atoms with van der Waals surface area (Å²) in [7, 11) is 0. The number of hydrogen-bond acceptors (Lipinski definition) is 3. The maximum Gasteiger partial charge on any atom is 0.310 e. The van der Waals surface area contributed by atoms with E-state index in [0.29, 0.717) is 12.5 Å². The van der Waals surface area contributed by atoms with Crippen molar-refractivity contribution in [3.63, 3.8) is 0 Å². The Morgan fingerprint density at radius 1 is 1.40 bits per heavy atom. The number of aromatic nitrogens is 2. The summed E-state index contributed by atoms with van der Waals surface area (Å²) >= 11 is 0. The van der Waals surface area contributed by atoms with Gasteiger partial charge in [0.05, 0.1) is 17.7 Å². The average Bonchev–Trinajstić information content (AvgIpc) is 2.55. The molecule has 0 radical (unpaired) electrons. The van der Waals surface area contributed by atoms with Crippen LogP contribution in [0.3, 0.4) is 0 Å². The second kappa shape index (κ2) is 6.39. The summed E-state index contributed by atoms with van der Waals surface area (Å²) in [6.07, 6.45) is 0. The van der Waals surface area contributed by atoms with E-state index >= 15 is 0 Å². The van der Waals surface area contributed by atoms with E-state index in [4.69, 9.17) is 0 Å². The quantitative estimate of drug-likeness (QED) is 0.805. The van der Waals surface area contributed by atoms with Gasteiger partial charge in [-0.15, -0.1) is 0 Å². The highest BCUT2D eigenvalue weighted by Crippen LogP contribution is 2.21. The summed E-state index contributed by atoms with van der Waals surface area (Å²) in [6, 6.07) is 0. The third kappa shape index (κ3) is 4.07. The number of aryl methyl sites for hydroxylation is 1. The Balaban J connectivity index is 2.84. The van der Waals surface area contributed by atoms with E-state index in [0.717, 1.165) is 24.5 Å². The minimum Gasteiger partial charge on any atom is -0.481 e. The van der Waals surface area contributed by atoms with E-state index in [2.05, 4.69) is 24.3 Å². The van der Waals surface area contributed by atoms with E-state index in [9.17, 15) is 9.90 Å². The van der Waals surface area contributed by atoms with Gasteiger partial charge in [-0.05, 0) is 40.2 Å². The number of hydrogen-bond donors (Lipinski definition) is 2. The van der Waals surface area contributed by atoms with Gasteiger partial charge in [0.2, 0.25) is 0 Å². The van der Waals surface area contributed by atoms with Gasteiger partial charge in [-0.2, -0.15) is 5.10 Å². The monoisotopic (exact) mass is 281 g/mol. The molecule has 0 saturated heterocycles. The van der Waals surface area contributed by atoms with Gasteiger partial charge in [-0.1, -0.05) is 13.8 Å². The number of aliphatic carboxylic acids is 1. The molecule has 2 N–H and O–H groups in total. The molecule has 1 aromatic heterocycles. The lowest BCUT2D eigenvalue weighted by Gasteiger charge is -2.20. The van der Waals surface area contributed by atoms with Crippen molar-refractivity contribution in [1.29, 1.82) is 0 Å². The molecule has 1 rings (SSSR count). The van der Waals surface area contributed by atoms with Crippen LogP contribution >= 0.6 is 0 Å². The first-order valence-corrected chi connectivity index (χ1v) is 7.12. The predicted molar refractivity (Wildman–Crippen MR) is 79.7 cm³/mol. The molecule has 0 amide bonds. The van der Waals surface area contributed by atoms with Gasteiger partial charge in [0.15, 0.2) is 0 Å². The third-order valence-corrected chi connectivity index (χ3v) is 3.51. The summed E-state index contributed by atoms with van der Waals surface area (Å²) in [5, 5.41) is 17.1. The van der Waals surface area contributed by atoms with Crippen molar-refractivity contribution < 1.29 is 9.90 Å². The highest BCUT2D eigenvalue weighted by Gasteiger charge is 2.29. The molecule has 1 heterocycles. The summed E-state index contributed by atoms with van der Waals surface area (Å²) in [6.45, 7) is 13.9. The molecular weight excluding hydrogens is 254 g/mol. The van der Waals surface area contributed by atoms with Crippen LogP contribution in [0, 0.1) is 25.2 Å². The molecule has 0 bridgehead atoms. The Labute approximate surface area is 121 Å². The van der Waals surface area contributed by atoms with Gasteiger partial charge in [0.1, 0.15) is 0 Å². The average molecular weight is 281 g/mol. The SMILES string of the molecule is Cc1nn(CC(C)(C)C(=O)O)c(C)c1CNCC(C)C. The zero-order valence-corrected chi connectivity index (χ0v) is 13.4. The lowest BCUT2D eigenvalue weighted by molar-refractivity contribution is -0.147. The zero-order valence-electron chi connectivity index (χ0n) is 13.4. The molecule has 20 heavy (non-hydrogen) atoms. The summed E-state index contributed by atoms with van der Waals surface area (Å²) in [5.41, 5.74) is 2.38. The molecule has 0 aromatic carbocycles. The first-order valence-electron chi connectivity index (χ1n) is 7.12. The van der Waals surface area contributed by atoms with E-state index in [-0.39, 0.29) is 0 Å². The standard InChI is InChI=1S/C15H27N3O2/c1-10(2)7-16-8-13-11(3)17-18(12(13)4)9-15(5,6)14(19)20/h10,16H,7-9H2,1-6H3,(H,19,20). The summed E-state index contributed by atoms with van der Waals surface area (Å²) < 4.78 is 1.82. The fraction of sp³-hybridized carbons (Fsp3) is 0.733. The van der Waals surface area contributed by atoms with Crippen molar-refractivity contribution in [2.24, 2.45) is 11.3 Å². The Hall–Kier alpha value is -1.36. The second-order valence-electron chi connectivity index (χ2n) is 6.52. The molecule has 0 saturated carbocycles. The molecule has 114 valence electrons. The molecule has 0 atom stereocenters. The minimum absolute atomic E-state index is 0.388. The number of carboxylic acid groups (broad SMARTS) is 1. The molecule has 5 nitrogen and oxygen atoms in total. The fourth-order valence-corrected chi connectivity index (χ4v) is 2.07. The van der Waals surface area contributed by atoms with Crippen LogP contribution in [0.5, 0.6) is 0 Å². The number of nitrogens with one attached hydrogen (secondary N) is 1. The fourth-order valence-electron chi connectivity index (χ4n) is 2.07.